The SMILES string of the molecule is CN=C(NCCc1ccco1)NCC(c1ccc(Cl)cc1)N(C)C. The van der Waals surface area contributed by atoms with Crippen molar-refractivity contribution in [1.82, 2.24) is 15.5 Å². The second kappa shape index (κ2) is 9.35. The highest BCUT2D eigenvalue weighted by atomic mass is 35.5. The Hall–Kier alpha value is -1.98. The summed E-state index contributed by atoms with van der Waals surface area (Å²) in [5, 5.41) is 7.43. The molecule has 2 N–H and O–H groups in total. The molecule has 1 aromatic carbocycles. The van der Waals surface area contributed by atoms with Gasteiger partial charge in [-0.3, -0.25) is 4.99 Å². The summed E-state index contributed by atoms with van der Waals surface area (Å²) in [6.07, 6.45) is 2.51. The zero-order valence-electron chi connectivity index (χ0n) is 14.4. The molecule has 0 aliphatic carbocycles. The third kappa shape index (κ3) is 5.58. The topological polar surface area (TPSA) is 52.8 Å². The first-order chi connectivity index (χ1) is 11.6. The van der Waals surface area contributed by atoms with Gasteiger partial charge in [0.05, 0.1) is 12.3 Å². The van der Waals surface area contributed by atoms with Gasteiger partial charge in [-0.25, -0.2) is 0 Å². The van der Waals surface area contributed by atoms with Crippen LogP contribution in [0.1, 0.15) is 17.4 Å². The van der Waals surface area contributed by atoms with Crippen LogP contribution in [0.4, 0.5) is 0 Å². The summed E-state index contributed by atoms with van der Waals surface area (Å²) in [7, 11) is 5.90. The lowest BCUT2D eigenvalue weighted by molar-refractivity contribution is 0.298. The van der Waals surface area contributed by atoms with Crippen LogP contribution in [0.5, 0.6) is 0 Å². The average Bonchev–Trinajstić information content (AvgIpc) is 3.08. The number of furan rings is 1. The van der Waals surface area contributed by atoms with Crippen molar-refractivity contribution in [3.05, 3.63) is 59.0 Å². The molecule has 1 heterocycles. The van der Waals surface area contributed by atoms with Crippen molar-refractivity contribution in [2.45, 2.75) is 12.5 Å². The molecule has 0 saturated carbocycles. The van der Waals surface area contributed by atoms with Crippen molar-refractivity contribution in [3.63, 3.8) is 0 Å². The molecule has 1 atom stereocenters. The highest BCUT2D eigenvalue weighted by Gasteiger charge is 2.14. The highest BCUT2D eigenvalue weighted by molar-refractivity contribution is 6.30. The molecule has 2 aromatic rings. The predicted octanol–water partition coefficient (Wildman–Crippen LogP) is 2.94. The molecule has 0 aliphatic heterocycles. The van der Waals surface area contributed by atoms with Gasteiger partial charge in [-0.2, -0.15) is 0 Å². The van der Waals surface area contributed by atoms with E-state index in [1.54, 1.807) is 13.3 Å². The molecule has 0 amide bonds. The lowest BCUT2D eigenvalue weighted by Gasteiger charge is -2.26. The Kier molecular flexibility index (Phi) is 7.15. The summed E-state index contributed by atoms with van der Waals surface area (Å²) in [4.78, 5) is 6.44. The van der Waals surface area contributed by atoms with Crippen molar-refractivity contribution < 1.29 is 4.42 Å². The number of benzene rings is 1. The summed E-state index contributed by atoms with van der Waals surface area (Å²) < 4.78 is 5.33. The standard InChI is InChI=1S/C18H25ClN4O/c1-20-18(21-11-10-16-5-4-12-24-16)22-13-17(23(2)3)14-6-8-15(19)9-7-14/h4-9,12,17H,10-11,13H2,1-3H3,(H2,20,21,22). The van der Waals surface area contributed by atoms with Gasteiger partial charge in [-0.05, 0) is 43.9 Å². The summed E-state index contributed by atoms with van der Waals surface area (Å²) in [6.45, 7) is 1.51. The Morgan fingerprint density at radius 1 is 1.21 bits per heavy atom. The zero-order valence-corrected chi connectivity index (χ0v) is 15.2. The minimum absolute atomic E-state index is 0.228. The molecule has 1 unspecified atom stereocenters. The molecule has 1 aromatic heterocycles. The number of hydrogen-bond donors (Lipinski definition) is 2. The molecular formula is C18H25ClN4O. The van der Waals surface area contributed by atoms with Crippen LogP contribution in [0.25, 0.3) is 0 Å². The second-order valence-electron chi connectivity index (χ2n) is 5.74. The van der Waals surface area contributed by atoms with Crippen molar-refractivity contribution in [1.29, 1.82) is 0 Å². The van der Waals surface area contributed by atoms with Crippen LogP contribution in [-0.2, 0) is 6.42 Å². The number of likely N-dealkylation sites (N-methyl/N-ethyl adjacent to an activating group) is 1. The largest absolute Gasteiger partial charge is 0.469 e. The number of guanidine groups is 1. The first-order valence-corrected chi connectivity index (χ1v) is 8.36. The molecule has 0 radical (unpaired) electrons. The third-order valence-electron chi connectivity index (χ3n) is 3.81. The highest BCUT2D eigenvalue weighted by Crippen LogP contribution is 2.19. The fourth-order valence-corrected chi connectivity index (χ4v) is 2.58. The quantitative estimate of drug-likeness (QED) is 0.596. The Morgan fingerprint density at radius 2 is 1.96 bits per heavy atom. The number of hydrogen-bond acceptors (Lipinski definition) is 3. The Labute approximate surface area is 148 Å². The summed E-state index contributed by atoms with van der Waals surface area (Å²) in [5.74, 6) is 1.74. The van der Waals surface area contributed by atoms with E-state index in [1.807, 2.05) is 24.3 Å². The number of aliphatic imine (C=N–C) groups is 1. The van der Waals surface area contributed by atoms with Crippen molar-refractivity contribution in [2.75, 3.05) is 34.2 Å². The second-order valence-corrected chi connectivity index (χ2v) is 6.18. The van der Waals surface area contributed by atoms with Gasteiger partial charge in [0.1, 0.15) is 5.76 Å². The molecule has 5 nitrogen and oxygen atoms in total. The minimum Gasteiger partial charge on any atom is -0.469 e. The fraction of sp³-hybridized carbons (Fsp3) is 0.389. The van der Waals surface area contributed by atoms with E-state index in [4.69, 9.17) is 16.0 Å². The van der Waals surface area contributed by atoms with Gasteiger partial charge in [0.25, 0.3) is 0 Å². The van der Waals surface area contributed by atoms with E-state index in [0.29, 0.717) is 0 Å². The Balaban J connectivity index is 1.86. The van der Waals surface area contributed by atoms with Crippen LogP contribution in [0.15, 0.2) is 52.1 Å². The molecule has 2 rings (SSSR count). The van der Waals surface area contributed by atoms with Crippen LogP contribution in [0.2, 0.25) is 5.02 Å². The summed E-state index contributed by atoms with van der Waals surface area (Å²) >= 11 is 5.98. The van der Waals surface area contributed by atoms with Gasteiger partial charge >= 0.3 is 0 Å². The van der Waals surface area contributed by atoms with Gasteiger partial charge < -0.3 is 20.0 Å². The monoisotopic (exact) mass is 348 g/mol. The van der Waals surface area contributed by atoms with Crippen LogP contribution >= 0.6 is 11.6 Å². The van der Waals surface area contributed by atoms with E-state index < -0.39 is 0 Å². The maximum atomic E-state index is 5.98. The van der Waals surface area contributed by atoms with E-state index >= 15 is 0 Å². The van der Waals surface area contributed by atoms with E-state index in [2.05, 4.69) is 46.8 Å². The molecule has 6 heteroatoms. The Bertz CT molecular complexity index is 623. The Morgan fingerprint density at radius 3 is 2.54 bits per heavy atom. The molecule has 24 heavy (non-hydrogen) atoms. The summed E-state index contributed by atoms with van der Waals surface area (Å²) in [6, 6.07) is 12.1. The van der Waals surface area contributed by atoms with Crippen LogP contribution in [-0.4, -0.2) is 45.1 Å². The molecule has 0 spiro atoms. The van der Waals surface area contributed by atoms with Crippen LogP contribution in [0.3, 0.4) is 0 Å². The minimum atomic E-state index is 0.228. The molecule has 0 fully saturated rings. The lowest BCUT2D eigenvalue weighted by Crippen LogP contribution is -2.42. The summed E-state index contributed by atoms with van der Waals surface area (Å²) in [5.41, 5.74) is 1.21. The number of nitrogens with zero attached hydrogens (tertiary/aromatic N) is 2. The normalized spacial score (nSPS) is 13.1. The first-order valence-electron chi connectivity index (χ1n) is 7.99. The first kappa shape index (κ1) is 18.4. The maximum Gasteiger partial charge on any atom is 0.191 e. The number of nitrogens with one attached hydrogen (secondary N) is 2. The molecule has 0 bridgehead atoms. The maximum absolute atomic E-state index is 5.98. The van der Waals surface area contributed by atoms with Crippen molar-refractivity contribution in [2.24, 2.45) is 4.99 Å². The molecular weight excluding hydrogens is 324 g/mol. The number of halogens is 1. The average molecular weight is 349 g/mol. The van der Waals surface area contributed by atoms with Gasteiger partial charge in [0.15, 0.2) is 5.96 Å². The van der Waals surface area contributed by atoms with Crippen molar-refractivity contribution in [3.8, 4) is 0 Å². The lowest BCUT2D eigenvalue weighted by atomic mass is 10.1. The van der Waals surface area contributed by atoms with E-state index in [-0.39, 0.29) is 6.04 Å². The fourth-order valence-electron chi connectivity index (χ4n) is 2.46. The zero-order chi connectivity index (χ0) is 17.4. The third-order valence-corrected chi connectivity index (χ3v) is 4.06. The smallest absolute Gasteiger partial charge is 0.191 e. The van der Waals surface area contributed by atoms with Gasteiger partial charge in [-0.15, -0.1) is 0 Å². The molecule has 0 aliphatic rings. The van der Waals surface area contributed by atoms with Gasteiger partial charge in [0, 0.05) is 31.6 Å². The van der Waals surface area contributed by atoms with E-state index in [1.165, 1.54) is 5.56 Å². The van der Waals surface area contributed by atoms with Crippen molar-refractivity contribution >= 4 is 17.6 Å². The number of rotatable bonds is 7. The van der Waals surface area contributed by atoms with E-state index in [0.717, 1.165) is 36.3 Å². The van der Waals surface area contributed by atoms with Crippen LogP contribution in [0, 0.1) is 0 Å². The molecule has 0 saturated heterocycles. The molecule has 130 valence electrons. The van der Waals surface area contributed by atoms with Gasteiger partial charge in [-0.1, -0.05) is 23.7 Å². The van der Waals surface area contributed by atoms with E-state index in [9.17, 15) is 0 Å². The van der Waals surface area contributed by atoms with Gasteiger partial charge in [0.2, 0.25) is 0 Å². The van der Waals surface area contributed by atoms with Crippen LogP contribution < -0.4 is 10.6 Å². The predicted molar refractivity (Wildman–Crippen MR) is 99.7 cm³/mol.